The van der Waals surface area contributed by atoms with Crippen LogP contribution >= 0.6 is 11.8 Å². The summed E-state index contributed by atoms with van der Waals surface area (Å²) in [6.45, 7) is 0.666. The molecule has 1 saturated heterocycles. The fourth-order valence-corrected chi connectivity index (χ4v) is 1.43. The maximum absolute atomic E-state index is 11.4. The Morgan fingerprint density at radius 3 is 2.64 bits per heavy atom. The molecule has 1 aliphatic rings. The molecule has 0 saturated carbocycles. The molecule has 1 aliphatic heterocycles. The van der Waals surface area contributed by atoms with Crippen molar-refractivity contribution >= 4 is 23.6 Å². The van der Waals surface area contributed by atoms with Gasteiger partial charge in [-0.15, -0.1) is 0 Å². The lowest BCUT2D eigenvalue weighted by Gasteiger charge is -1.91. The van der Waals surface area contributed by atoms with Crippen molar-refractivity contribution in [1.82, 2.24) is 4.42 Å². The van der Waals surface area contributed by atoms with E-state index in [9.17, 15) is 4.79 Å². The highest BCUT2D eigenvalue weighted by Crippen LogP contribution is 2.21. The number of carbonyl (C=O) groups is 1. The van der Waals surface area contributed by atoms with Crippen molar-refractivity contribution in [2.24, 2.45) is 0 Å². The summed E-state index contributed by atoms with van der Waals surface area (Å²) in [6, 6.07) is 9.63. The minimum absolute atomic E-state index is 0.0730. The smallest absolute Gasteiger partial charge is 0.175 e. The van der Waals surface area contributed by atoms with E-state index in [1.54, 1.807) is 6.08 Å². The van der Waals surface area contributed by atoms with Crippen molar-refractivity contribution in [3.05, 3.63) is 42.0 Å². The van der Waals surface area contributed by atoms with E-state index in [-0.39, 0.29) is 11.8 Å². The number of ketones is 1. The maximum Gasteiger partial charge on any atom is 0.175 e. The van der Waals surface area contributed by atoms with Gasteiger partial charge in [0.05, 0.1) is 0 Å². The molecule has 1 aromatic rings. The molecule has 0 bridgehead atoms. The third-order valence-electron chi connectivity index (χ3n) is 2.12. The van der Waals surface area contributed by atoms with Gasteiger partial charge in [0.1, 0.15) is 6.04 Å². The first-order valence-corrected chi connectivity index (χ1v) is 4.80. The molecule has 2 atom stereocenters. The zero-order valence-corrected chi connectivity index (χ0v) is 8.32. The fraction of sp³-hybridized carbons (Fsp3) is 0.182. The third kappa shape index (κ3) is 2.22. The lowest BCUT2D eigenvalue weighted by molar-refractivity contribution is -0.114. The zero-order valence-electron chi connectivity index (χ0n) is 7.56. The summed E-state index contributed by atoms with van der Waals surface area (Å²) in [4.78, 5) is 11.4. The van der Waals surface area contributed by atoms with Crippen LogP contribution in [0.15, 0.2) is 36.4 Å². The van der Waals surface area contributed by atoms with Crippen LogP contribution in [0.4, 0.5) is 0 Å². The second-order valence-electron chi connectivity index (χ2n) is 3.24. The Bertz CT molecular complexity index is 361. The van der Waals surface area contributed by atoms with Crippen LogP contribution in [0.2, 0.25) is 0 Å². The molecule has 2 nitrogen and oxygen atoms in total. The van der Waals surface area contributed by atoms with Gasteiger partial charge in [-0.1, -0.05) is 36.4 Å². The summed E-state index contributed by atoms with van der Waals surface area (Å²) in [5.74, 6) is 0.0730. The van der Waals surface area contributed by atoms with E-state index in [0.717, 1.165) is 5.56 Å². The van der Waals surface area contributed by atoms with Crippen molar-refractivity contribution in [3.63, 3.8) is 0 Å². The number of rotatable bonds is 3. The number of hydrogen-bond acceptors (Lipinski definition) is 2. The van der Waals surface area contributed by atoms with Gasteiger partial charge in [-0.2, -0.15) is 0 Å². The molecular weight excluding hydrogens is 198 g/mol. The van der Waals surface area contributed by atoms with Crippen LogP contribution in [0.25, 0.3) is 6.08 Å². The Hall–Kier alpha value is -1.12. The monoisotopic (exact) mass is 207 g/mol. The highest BCUT2D eigenvalue weighted by molar-refractivity contribution is 6.18. The summed E-state index contributed by atoms with van der Waals surface area (Å²) in [7, 11) is 0. The molecule has 0 amide bonds. The van der Waals surface area contributed by atoms with Crippen molar-refractivity contribution in [1.29, 1.82) is 0 Å². The predicted octanol–water partition coefficient (Wildman–Crippen LogP) is 2.11. The van der Waals surface area contributed by atoms with Gasteiger partial charge in [-0.3, -0.25) is 4.79 Å². The van der Waals surface area contributed by atoms with Crippen molar-refractivity contribution < 1.29 is 4.79 Å². The third-order valence-corrected chi connectivity index (χ3v) is 2.49. The Morgan fingerprint density at radius 1 is 1.43 bits per heavy atom. The minimum Gasteiger partial charge on any atom is -0.293 e. The summed E-state index contributed by atoms with van der Waals surface area (Å²) < 4.78 is 1.50. The molecule has 0 radical (unpaired) electrons. The van der Waals surface area contributed by atoms with E-state index in [4.69, 9.17) is 11.8 Å². The molecule has 3 heteroatoms. The molecule has 2 rings (SSSR count). The van der Waals surface area contributed by atoms with Gasteiger partial charge in [0.15, 0.2) is 5.78 Å². The van der Waals surface area contributed by atoms with Gasteiger partial charge in [0.25, 0.3) is 0 Å². The Morgan fingerprint density at radius 2 is 2.07 bits per heavy atom. The summed E-state index contributed by atoms with van der Waals surface area (Å²) in [6.07, 6.45) is 3.40. The Labute approximate surface area is 87.9 Å². The zero-order chi connectivity index (χ0) is 9.97. The standard InChI is InChI=1S/C11H10ClNO/c12-13-8-10(13)11(14)7-6-9-4-2-1-3-5-9/h1-7,10H,8H2. The van der Waals surface area contributed by atoms with E-state index in [0.29, 0.717) is 6.54 Å². The maximum atomic E-state index is 11.4. The first-order valence-electron chi connectivity index (χ1n) is 4.47. The number of nitrogens with zero attached hydrogens (tertiary/aromatic N) is 1. The second kappa shape index (κ2) is 3.95. The van der Waals surface area contributed by atoms with Gasteiger partial charge < -0.3 is 0 Å². The Kier molecular flexibility index (Phi) is 2.66. The van der Waals surface area contributed by atoms with Crippen LogP contribution in [-0.4, -0.2) is 22.8 Å². The number of halogens is 1. The second-order valence-corrected chi connectivity index (χ2v) is 3.68. The van der Waals surface area contributed by atoms with E-state index < -0.39 is 0 Å². The van der Waals surface area contributed by atoms with Gasteiger partial charge >= 0.3 is 0 Å². The van der Waals surface area contributed by atoms with Gasteiger partial charge in [-0.25, -0.2) is 4.42 Å². The average Bonchev–Trinajstić information content (AvgIpc) is 2.94. The van der Waals surface area contributed by atoms with E-state index >= 15 is 0 Å². The van der Waals surface area contributed by atoms with E-state index in [1.807, 2.05) is 36.4 Å². The Balaban J connectivity index is 1.97. The number of benzene rings is 1. The molecule has 0 spiro atoms. The lowest BCUT2D eigenvalue weighted by atomic mass is 10.2. The van der Waals surface area contributed by atoms with Gasteiger partial charge in [-0.05, 0) is 23.4 Å². The first kappa shape index (κ1) is 9.44. The number of carbonyl (C=O) groups excluding carboxylic acids is 1. The van der Waals surface area contributed by atoms with E-state index in [1.165, 1.54) is 4.42 Å². The minimum atomic E-state index is -0.100. The topological polar surface area (TPSA) is 20.1 Å². The van der Waals surface area contributed by atoms with Gasteiger partial charge in [0, 0.05) is 6.54 Å². The van der Waals surface area contributed by atoms with Crippen LogP contribution in [0, 0.1) is 0 Å². The molecule has 0 N–H and O–H groups in total. The lowest BCUT2D eigenvalue weighted by Crippen LogP contribution is -2.04. The van der Waals surface area contributed by atoms with Crippen LogP contribution in [0.1, 0.15) is 5.56 Å². The normalized spacial score (nSPS) is 25.2. The molecule has 1 aromatic carbocycles. The molecule has 1 fully saturated rings. The molecule has 72 valence electrons. The van der Waals surface area contributed by atoms with Gasteiger partial charge in [0.2, 0.25) is 0 Å². The first-order chi connectivity index (χ1) is 6.77. The highest BCUT2D eigenvalue weighted by Gasteiger charge is 2.37. The van der Waals surface area contributed by atoms with Crippen molar-refractivity contribution in [2.45, 2.75) is 6.04 Å². The summed E-state index contributed by atoms with van der Waals surface area (Å²) >= 11 is 5.61. The molecule has 14 heavy (non-hydrogen) atoms. The fourth-order valence-electron chi connectivity index (χ4n) is 1.20. The molecule has 0 aromatic heterocycles. The SMILES string of the molecule is O=C(C=Cc1ccccc1)C1CN1Cl. The van der Waals surface area contributed by atoms with Crippen LogP contribution in [0.5, 0.6) is 0 Å². The van der Waals surface area contributed by atoms with Crippen LogP contribution in [0.3, 0.4) is 0 Å². The van der Waals surface area contributed by atoms with Crippen LogP contribution in [-0.2, 0) is 4.79 Å². The summed E-state index contributed by atoms with van der Waals surface area (Å²) in [5, 5.41) is 0. The molecular formula is C11H10ClNO. The number of hydrogen-bond donors (Lipinski definition) is 0. The molecule has 1 heterocycles. The average molecular weight is 208 g/mol. The highest BCUT2D eigenvalue weighted by atomic mass is 35.5. The van der Waals surface area contributed by atoms with Crippen molar-refractivity contribution in [3.8, 4) is 0 Å². The quantitative estimate of drug-likeness (QED) is 0.430. The van der Waals surface area contributed by atoms with E-state index in [2.05, 4.69) is 0 Å². The largest absolute Gasteiger partial charge is 0.293 e. The summed E-state index contributed by atoms with van der Waals surface area (Å²) in [5.41, 5.74) is 1.03. The molecule has 2 unspecified atom stereocenters. The van der Waals surface area contributed by atoms with Crippen molar-refractivity contribution in [2.75, 3.05) is 6.54 Å². The van der Waals surface area contributed by atoms with Crippen LogP contribution < -0.4 is 0 Å². The predicted molar refractivity (Wildman–Crippen MR) is 56.8 cm³/mol. The molecule has 0 aliphatic carbocycles.